The van der Waals surface area contributed by atoms with Crippen LogP contribution in [0.2, 0.25) is 0 Å². The lowest BCUT2D eigenvalue weighted by Gasteiger charge is -2.13. The highest BCUT2D eigenvalue weighted by molar-refractivity contribution is 9.10. The number of ether oxygens (including phenoxy) is 1. The van der Waals surface area contributed by atoms with E-state index in [1.807, 2.05) is 0 Å². The molecule has 1 rings (SSSR count). The molecule has 0 aliphatic rings. The topological polar surface area (TPSA) is 87.5 Å². The molecule has 6 nitrogen and oxygen atoms in total. The van der Waals surface area contributed by atoms with Crippen molar-refractivity contribution in [3.05, 3.63) is 28.2 Å². The average Bonchev–Trinajstić information content (AvgIpc) is 2.36. The van der Waals surface area contributed by atoms with E-state index in [0.717, 1.165) is 4.31 Å². The highest BCUT2D eigenvalue weighted by Gasteiger charge is 2.22. The first-order valence-corrected chi connectivity index (χ1v) is 7.30. The van der Waals surface area contributed by atoms with Crippen molar-refractivity contribution in [2.24, 2.45) is 0 Å². The molecule has 0 radical (unpaired) electrons. The number of rotatable bonds is 4. The summed E-state index contributed by atoms with van der Waals surface area (Å²) in [7, 11) is -0.888. The van der Waals surface area contributed by atoms with Crippen molar-refractivity contribution in [3.63, 3.8) is 0 Å². The molecule has 0 bridgehead atoms. The summed E-state index contributed by atoms with van der Waals surface area (Å²) in [6.07, 6.45) is 0. The van der Waals surface area contributed by atoms with Gasteiger partial charge in [0.1, 0.15) is 6.07 Å². The zero-order valence-electron chi connectivity index (χ0n) is 10.3. The summed E-state index contributed by atoms with van der Waals surface area (Å²) >= 11 is 3.13. The van der Waals surface area contributed by atoms with Crippen LogP contribution >= 0.6 is 15.9 Å². The minimum absolute atomic E-state index is 0.0380. The van der Waals surface area contributed by atoms with Crippen LogP contribution in [0.3, 0.4) is 0 Å². The van der Waals surface area contributed by atoms with Crippen LogP contribution in [0.5, 0.6) is 0 Å². The van der Waals surface area contributed by atoms with Gasteiger partial charge in [0.2, 0.25) is 10.0 Å². The van der Waals surface area contributed by atoms with Gasteiger partial charge in [-0.2, -0.15) is 5.26 Å². The van der Waals surface area contributed by atoms with Crippen LogP contribution in [-0.2, 0) is 14.8 Å². The number of nitrogens with zero attached hydrogens (tertiary/aromatic N) is 2. The number of esters is 1. The molecule has 0 aliphatic carbocycles. The summed E-state index contributed by atoms with van der Waals surface area (Å²) < 4.78 is 30.1. The van der Waals surface area contributed by atoms with Gasteiger partial charge in [-0.15, -0.1) is 0 Å². The van der Waals surface area contributed by atoms with Crippen LogP contribution in [0, 0.1) is 11.3 Å². The molecule has 0 aliphatic heterocycles. The molecule has 0 saturated carbocycles. The molecule has 19 heavy (non-hydrogen) atoms. The van der Waals surface area contributed by atoms with Gasteiger partial charge in [-0.3, -0.25) is 0 Å². The first kappa shape index (κ1) is 15.6. The third-order valence-electron chi connectivity index (χ3n) is 2.19. The minimum Gasteiger partial charge on any atom is -0.447 e. The fourth-order valence-corrected chi connectivity index (χ4v) is 3.05. The van der Waals surface area contributed by atoms with Crippen LogP contribution in [0.4, 0.5) is 0 Å². The Kier molecular flexibility index (Phi) is 5.05. The monoisotopic (exact) mass is 346 g/mol. The Labute approximate surface area is 119 Å². The Balaban J connectivity index is 3.23. The first-order chi connectivity index (χ1) is 8.80. The van der Waals surface area contributed by atoms with Crippen LogP contribution in [0.25, 0.3) is 0 Å². The quantitative estimate of drug-likeness (QED) is 0.768. The van der Waals surface area contributed by atoms with Gasteiger partial charge in [0.25, 0.3) is 0 Å². The summed E-state index contributed by atoms with van der Waals surface area (Å²) in [5.41, 5.74) is 0.0684. The molecule has 0 spiro atoms. The summed E-state index contributed by atoms with van der Waals surface area (Å²) in [5.74, 6) is -0.746. The normalized spacial score (nSPS) is 11.1. The predicted octanol–water partition coefficient (Wildman–Crippen LogP) is 1.38. The van der Waals surface area contributed by atoms with E-state index in [1.54, 1.807) is 6.07 Å². The summed E-state index contributed by atoms with van der Waals surface area (Å²) in [4.78, 5) is 11.5. The number of nitriles is 1. The van der Waals surface area contributed by atoms with Gasteiger partial charge in [-0.25, -0.2) is 17.5 Å². The van der Waals surface area contributed by atoms with E-state index in [2.05, 4.69) is 20.7 Å². The Morgan fingerprint density at radius 3 is 2.63 bits per heavy atom. The van der Waals surface area contributed by atoms with Gasteiger partial charge in [0, 0.05) is 18.6 Å². The first-order valence-electron chi connectivity index (χ1n) is 5.07. The molecule has 0 atom stereocenters. The van der Waals surface area contributed by atoms with E-state index in [0.29, 0.717) is 4.47 Å². The maximum Gasteiger partial charge on any atom is 0.339 e. The number of carbonyl (C=O) groups is 1. The van der Waals surface area contributed by atoms with E-state index in [4.69, 9.17) is 5.26 Å². The molecule has 102 valence electrons. The molecule has 0 unspecified atom stereocenters. The van der Waals surface area contributed by atoms with Crippen molar-refractivity contribution in [3.8, 4) is 6.07 Å². The van der Waals surface area contributed by atoms with Gasteiger partial charge < -0.3 is 4.74 Å². The Morgan fingerprint density at radius 1 is 1.47 bits per heavy atom. The van der Waals surface area contributed by atoms with Crippen molar-refractivity contribution >= 4 is 31.9 Å². The van der Waals surface area contributed by atoms with Crippen molar-refractivity contribution in [1.82, 2.24) is 4.31 Å². The zero-order valence-corrected chi connectivity index (χ0v) is 12.7. The molecular weight excluding hydrogens is 336 g/mol. The number of hydrogen-bond acceptors (Lipinski definition) is 5. The van der Waals surface area contributed by atoms with Crippen molar-refractivity contribution < 1.29 is 17.9 Å². The smallest absolute Gasteiger partial charge is 0.339 e. The fourth-order valence-electron chi connectivity index (χ4n) is 1.21. The SMILES string of the molecule is CN(C)S(=O)(=O)c1cc(C(=O)OCC#N)ccc1Br. The zero-order chi connectivity index (χ0) is 14.6. The Morgan fingerprint density at radius 2 is 2.11 bits per heavy atom. The average molecular weight is 347 g/mol. The van der Waals surface area contributed by atoms with E-state index >= 15 is 0 Å². The van der Waals surface area contributed by atoms with E-state index < -0.39 is 16.0 Å². The summed E-state index contributed by atoms with van der Waals surface area (Å²) in [6, 6.07) is 5.73. The minimum atomic E-state index is -3.67. The number of halogens is 1. The van der Waals surface area contributed by atoms with Gasteiger partial charge in [-0.1, -0.05) is 0 Å². The number of sulfonamides is 1. The third kappa shape index (κ3) is 3.53. The molecular formula is C11H11BrN2O4S. The predicted molar refractivity (Wildman–Crippen MR) is 70.9 cm³/mol. The molecule has 1 aromatic rings. The maximum atomic E-state index is 12.0. The highest BCUT2D eigenvalue weighted by atomic mass is 79.9. The summed E-state index contributed by atoms with van der Waals surface area (Å²) in [6.45, 7) is -0.384. The van der Waals surface area contributed by atoms with Crippen molar-refractivity contribution in [1.29, 1.82) is 5.26 Å². The number of hydrogen-bond donors (Lipinski definition) is 0. The molecule has 0 N–H and O–H groups in total. The fraction of sp³-hybridized carbons (Fsp3) is 0.273. The van der Waals surface area contributed by atoms with Crippen molar-refractivity contribution in [2.45, 2.75) is 4.90 Å². The Bertz CT molecular complexity index is 635. The second-order valence-corrected chi connectivity index (χ2v) is 6.64. The molecule has 8 heteroatoms. The van der Waals surface area contributed by atoms with E-state index in [1.165, 1.54) is 32.3 Å². The molecule has 0 fully saturated rings. The van der Waals surface area contributed by atoms with Crippen molar-refractivity contribution in [2.75, 3.05) is 20.7 Å². The van der Waals surface area contributed by atoms with E-state index in [-0.39, 0.29) is 17.1 Å². The number of benzene rings is 1. The standard InChI is InChI=1S/C11H11BrN2O4S/c1-14(2)19(16,17)10-7-8(3-4-9(10)12)11(15)18-6-5-13/h3-4,7H,6H2,1-2H3. The van der Waals surface area contributed by atoms with Crippen LogP contribution < -0.4 is 0 Å². The lowest BCUT2D eigenvalue weighted by Crippen LogP contribution is -2.23. The van der Waals surface area contributed by atoms with Gasteiger partial charge in [0.05, 0.1) is 10.5 Å². The molecule has 0 aromatic heterocycles. The van der Waals surface area contributed by atoms with Gasteiger partial charge in [0.15, 0.2) is 6.61 Å². The third-order valence-corrected chi connectivity index (χ3v) is 5.00. The van der Waals surface area contributed by atoms with Crippen LogP contribution in [-0.4, -0.2) is 39.4 Å². The second-order valence-electron chi connectivity index (χ2n) is 3.67. The largest absolute Gasteiger partial charge is 0.447 e. The molecule has 0 amide bonds. The van der Waals surface area contributed by atoms with Gasteiger partial charge in [-0.05, 0) is 34.1 Å². The molecule has 0 heterocycles. The molecule has 1 aromatic carbocycles. The summed E-state index contributed by atoms with van der Waals surface area (Å²) in [5, 5.41) is 8.33. The Hall–Kier alpha value is -1.43. The maximum absolute atomic E-state index is 12.0. The van der Waals surface area contributed by atoms with Crippen LogP contribution in [0.1, 0.15) is 10.4 Å². The lowest BCUT2D eigenvalue weighted by atomic mass is 10.2. The number of carbonyl (C=O) groups excluding carboxylic acids is 1. The molecule has 0 saturated heterocycles. The highest BCUT2D eigenvalue weighted by Crippen LogP contribution is 2.25. The lowest BCUT2D eigenvalue weighted by molar-refractivity contribution is 0.0554. The van der Waals surface area contributed by atoms with Crippen LogP contribution in [0.15, 0.2) is 27.6 Å². The second kappa shape index (κ2) is 6.14. The van der Waals surface area contributed by atoms with E-state index in [9.17, 15) is 13.2 Å². The van der Waals surface area contributed by atoms with Gasteiger partial charge >= 0.3 is 5.97 Å².